The largest absolute Gasteiger partial charge is 0.304 e. The first-order valence-electron chi connectivity index (χ1n) is 6.36. The van der Waals surface area contributed by atoms with Gasteiger partial charge in [0.1, 0.15) is 11.6 Å². The molecule has 19 heavy (non-hydrogen) atoms. The highest BCUT2D eigenvalue weighted by Gasteiger charge is 2.21. The van der Waals surface area contributed by atoms with Crippen LogP contribution in [0.15, 0.2) is 16.6 Å². The highest BCUT2D eigenvalue weighted by Crippen LogP contribution is 2.28. The van der Waals surface area contributed by atoms with Crippen LogP contribution in [0.5, 0.6) is 0 Å². The van der Waals surface area contributed by atoms with Crippen molar-refractivity contribution in [3.63, 3.8) is 0 Å². The zero-order valence-electron chi connectivity index (χ0n) is 11.2. The van der Waals surface area contributed by atoms with Crippen LogP contribution in [0.4, 0.5) is 8.78 Å². The van der Waals surface area contributed by atoms with E-state index in [2.05, 4.69) is 40.1 Å². The second kappa shape index (κ2) is 7.89. The first-order valence-corrected chi connectivity index (χ1v) is 7.16. The van der Waals surface area contributed by atoms with Gasteiger partial charge in [-0.05, 0) is 54.1 Å². The molecule has 1 rings (SSSR count). The maximum atomic E-state index is 14.0. The molecule has 1 aromatic carbocycles. The number of rotatable bonds is 7. The van der Waals surface area contributed by atoms with E-state index >= 15 is 0 Å². The van der Waals surface area contributed by atoms with Crippen LogP contribution >= 0.6 is 15.9 Å². The summed E-state index contributed by atoms with van der Waals surface area (Å²) in [6.07, 6.45) is 0.544. The molecule has 0 spiro atoms. The molecule has 0 aromatic heterocycles. The Kier molecular flexibility index (Phi) is 6.85. The first kappa shape index (κ1) is 16.5. The molecule has 3 N–H and O–H groups in total. The molecular formula is C13H20BrF2N3. The lowest BCUT2D eigenvalue weighted by molar-refractivity contribution is 0.279. The Morgan fingerprint density at radius 2 is 1.95 bits per heavy atom. The topological polar surface area (TPSA) is 41.3 Å². The van der Waals surface area contributed by atoms with Gasteiger partial charge in [0, 0.05) is 5.56 Å². The van der Waals surface area contributed by atoms with Crippen LogP contribution in [0.1, 0.15) is 31.9 Å². The molecule has 1 aromatic rings. The molecule has 3 nitrogen and oxygen atoms in total. The van der Waals surface area contributed by atoms with Crippen LogP contribution in [-0.2, 0) is 0 Å². The summed E-state index contributed by atoms with van der Waals surface area (Å²) in [5, 5.41) is 0. The summed E-state index contributed by atoms with van der Waals surface area (Å²) in [7, 11) is 0. The van der Waals surface area contributed by atoms with E-state index in [0.717, 1.165) is 19.6 Å². The maximum absolute atomic E-state index is 14.0. The number of nitrogens with two attached hydrogens (primary N) is 1. The van der Waals surface area contributed by atoms with Gasteiger partial charge in [0.05, 0.1) is 10.5 Å². The number of benzene rings is 1. The Balaban J connectivity index is 2.88. The normalized spacial score (nSPS) is 13.0. The van der Waals surface area contributed by atoms with Crippen molar-refractivity contribution in [2.75, 3.05) is 19.6 Å². The number of hydrogen-bond acceptors (Lipinski definition) is 3. The van der Waals surface area contributed by atoms with Crippen molar-refractivity contribution in [2.45, 2.75) is 26.3 Å². The molecule has 1 unspecified atom stereocenters. The van der Waals surface area contributed by atoms with Crippen LogP contribution < -0.4 is 11.3 Å². The predicted octanol–water partition coefficient (Wildman–Crippen LogP) is 2.96. The lowest BCUT2D eigenvalue weighted by atomic mass is 10.0. The Bertz CT molecular complexity index is 411. The van der Waals surface area contributed by atoms with E-state index in [4.69, 9.17) is 5.84 Å². The van der Waals surface area contributed by atoms with E-state index in [0.29, 0.717) is 6.42 Å². The Labute approximate surface area is 121 Å². The molecule has 1 atom stereocenters. The average Bonchev–Trinajstić information content (AvgIpc) is 2.42. The summed E-state index contributed by atoms with van der Waals surface area (Å²) in [6.45, 7) is 6.63. The number of hydrazine groups is 1. The van der Waals surface area contributed by atoms with Gasteiger partial charge in [-0.2, -0.15) is 0 Å². The van der Waals surface area contributed by atoms with Crippen molar-refractivity contribution in [1.82, 2.24) is 10.3 Å². The van der Waals surface area contributed by atoms with E-state index in [1.54, 1.807) is 0 Å². The van der Waals surface area contributed by atoms with Gasteiger partial charge >= 0.3 is 0 Å². The summed E-state index contributed by atoms with van der Waals surface area (Å²) in [5.41, 5.74) is 2.49. The zero-order chi connectivity index (χ0) is 14.4. The molecule has 0 radical (unpaired) electrons. The van der Waals surface area contributed by atoms with Crippen LogP contribution in [0.3, 0.4) is 0 Å². The number of nitrogens with zero attached hydrogens (tertiary/aromatic N) is 1. The summed E-state index contributed by atoms with van der Waals surface area (Å²) in [5.74, 6) is 4.27. The summed E-state index contributed by atoms with van der Waals surface area (Å²) < 4.78 is 28.0. The summed E-state index contributed by atoms with van der Waals surface area (Å²) in [4.78, 5) is 2.18. The fourth-order valence-corrected chi connectivity index (χ4v) is 2.37. The van der Waals surface area contributed by atoms with Crippen molar-refractivity contribution in [3.05, 3.63) is 33.8 Å². The second-order valence-corrected chi connectivity index (χ2v) is 5.15. The molecule has 0 saturated carbocycles. The van der Waals surface area contributed by atoms with Gasteiger partial charge < -0.3 is 4.90 Å². The Morgan fingerprint density at radius 3 is 2.47 bits per heavy atom. The van der Waals surface area contributed by atoms with Gasteiger partial charge in [0.25, 0.3) is 0 Å². The standard InChI is InChI=1S/C13H20BrF2N3/c1-3-19(4-2)8-7-11(18-17)12-10(15)6-5-9(14)13(12)16/h5-6,11,18H,3-4,7-8,17H2,1-2H3. The summed E-state index contributed by atoms with van der Waals surface area (Å²) in [6, 6.07) is 2.05. The molecule has 0 bridgehead atoms. The van der Waals surface area contributed by atoms with Crippen LogP contribution in [0, 0.1) is 11.6 Å². The predicted molar refractivity (Wildman–Crippen MR) is 76.5 cm³/mol. The Morgan fingerprint density at radius 1 is 1.32 bits per heavy atom. The zero-order valence-corrected chi connectivity index (χ0v) is 12.8. The lowest BCUT2D eigenvalue weighted by Gasteiger charge is -2.23. The lowest BCUT2D eigenvalue weighted by Crippen LogP contribution is -2.33. The maximum Gasteiger partial charge on any atom is 0.145 e. The molecular weight excluding hydrogens is 316 g/mol. The fraction of sp³-hybridized carbons (Fsp3) is 0.538. The average molecular weight is 336 g/mol. The summed E-state index contributed by atoms with van der Waals surface area (Å²) >= 11 is 3.06. The molecule has 0 aliphatic carbocycles. The van der Waals surface area contributed by atoms with E-state index < -0.39 is 17.7 Å². The van der Waals surface area contributed by atoms with Crippen molar-refractivity contribution in [3.8, 4) is 0 Å². The van der Waals surface area contributed by atoms with Crippen molar-refractivity contribution in [1.29, 1.82) is 0 Å². The molecule has 108 valence electrons. The third kappa shape index (κ3) is 4.21. The molecule has 6 heteroatoms. The highest BCUT2D eigenvalue weighted by atomic mass is 79.9. The minimum atomic E-state index is -0.595. The van der Waals surface area contributed by atoms with Crippen molar-refractivity contribution < 1.29 is 8.78 Å². The molecule has 0 aliphatic heterocycles. The third-order valence-electron chi connectivity index (χ3n) is 3.26. The third-order valence-corrected chi connectivity index (χ3v) is 3.87. The van der Waals surface area contributed by atoms with Crippen LogP contribution in [0.2, 0.25) is 0 Å². The smallest absolute Gasteiger partial charge is 0.145 e. The molecule has 0 fully saturated rings. The Hall–Kier alpha value is -0.560. The van der Waals surface area contributed by atoms with Crippen molar-refractivity contribution in [2.24, 2.45) is 5.84 Å². The number of nitrogens with one attached hydrogen (secondary N) is 1. The van der Waals surface area contributed by atoms with Gasteiger partial charge in [-0.3, -0.25) is 11.3 Å². The van der Waals surface area contributed by atoms with Gasteiger partial charge in [-0.1, -0.05) is 13.8 Å². The quantitative estimate of drug-likeness (QED) is 0.457. The minimum Gasteiger partial charge on any atom is -0.304 e. The van der Waals surface area contributed by atoms with Crippen LogP contribution in [-0.4, -0.2) is 24.5 Å². The van der Waals surface area contributed by atoms with Gasteiger partial charge in [0.2, 0.25) is 0 Å². The molecule has 0 saturated heterocycles. The van der Waals surface area contributed by atoms with Gasteiger partial charge in [0.15, 0.2) is 0 Å². The van der Waals surface area contributed by atoms with E-state index in [9.17, 15) is 8.78 Å². The van der Waals surface area contributed by atoms with E-state index in [1.165, 1.54) is 12.1 Å². The second-order valence-electron chi connectivity index (χ2n) is 4.29. The number of hydrogen-bond donors (Lipinski definition) is 2. The fourth-order valence-electron chi connectivity index (χ4n) is 2.02. The SMILES string of the molecule is CCN(CC)CCC(NN)c1c(F)ccc(Br)c1F. The van der Waals surface area contributed by atoms with Gasteiger partial charge in [-0.15, -0.1) is 0 Å². The molecule has 0 aliphatic rings. The van der Waals surface area contributed by atoms with Crippen molar-refractivity contribution >= 4 is 15.9 Å². The number of halogens is 3. The molecule has 0 amide bonds. The molecule has 0 heterocycles. The first-order chi connectivity index (χ1) is 9.04. The van der Waals surface area contributed by atoms with Crippen LogP contribution in [0.25, 0.3) is 0 Å². The van der Waals surface area contributed by atoms with E-state index in [-0.39, 0.29) is 10.0 Å². The monoisotopic (exact) mass is 335 g/mol. The minimum absolute atomic E-state index is 0.0102. The highest BCUT2D eigenvalue weighted by molar-refractivity contribution is 9.10. The van der Waals surface area contributed by atoms with E-state index in [1.807, 2.05) is 0 Å². The van der Waals surface area contributed by atoms with Gasteiger partial charge in [-0.25, -0.2) is 8.78 Å².